The first-order chi connectivity index (χ1) is 8.75. The topological polar surface area (TPSA) is 33.2 Å². The lowest BCUT2D eigenvalue weighted by Gasteiger charge is -2.22. The van der Waals surface area contributed by atoms with Gasteiger partial charge in [0.15, 0.2) is 0 Å². The number of carbonyl (C=O) groups excluding carboxylic acids is 1. The molecule has 1 fully saturated rings. The molecular formula is C14H14Cl2N2O. The van der Waals surface area contributed by atoms with Crippen LogP contribution in [0.3, 0.4) is 0 Å². The third-order valence-electron chi connectivity index (χ3n) is 3.32. The summed E-state index contributed by atoms with van der Waals surface area (Å²) < 4.78 is 0. The third-order valence-corrected chi connectivity index (χ3v) is 3.81. The molecule has 3 rings (SSSR count). The number of hydrogen-bond acceptors (Lipinski definition) is 2. The van der Waals surface area contributed by atoms with Crippen LogP contribution in [-0.4, -0.2) is 22.3 Å². The molecule has 0 radical (unpaired) electrons. The molecule has 0 saturated carbocycles. The van der Waals surface area contributed by atoms with E-state index in [9.17, 15) is 4.79 Å². The smallest absolute Gasteiger partial charge is 0.224 e. The Balaban J connectivity index is 0.00000133. The van der Waals surface area contributed by atoms with Gasteiger partial charge in [0.1, 0.15) is 5.50 Å². The Bertz CT molecular complexity index is 603. The van der Waals surface area contributed by atoms with E-state index < -0.39 is 0 Å². The number of alkyl halides is 1. The summed E-state index contributed by atoms with van der Waals surface area (Å²) in [5.74, 6) is 0.140. The average Bonchev–Trinajstić information content (AvgIpc) is 2.83. The number of benzene rings is 1. The molecule has 1 aromatic carbocycles. The zero-order valence-electron chi connectivity index (χ0n) is 10.3. The summed E-state index contributed by atoms with van der Waals surface area (Å²) in [7, 11) is 0. The van der Waals surface area contributed by atoms with Crippen molar-refractivity contribution >= 4 is 40.7 Å². The maximum atomic E-state index is 11.7. The number of amides is 1. The van der Waals surface area contributed by atoms with Crippen LogP contribution in [-0.2, 0) is 4.79 Å². The number of pyridine rings is 1. The summed E-state index contributed by atoms with van der Waals surface area (Å²) in [6, 6.07) is 7.96. The molecule has 1 saturated heterocycles. The molecule has 1 amide bonds. The highest BCUT2D eigenvalue weighted by molar-refractivity contribution is 6.21. The quantitative estimate of drug-likeness (QED) is 0.627. The lowest BCUT2D eigenvalue weighted by atomic mass is 10.1. The number of rotatable bonds is 2. The molecule has 1 aliphatic heterocycles. The lowest BCUT2D eigenvalue weighted by molar-refractivity contribution is -0.128. The minimum absolute atomic E-state index is 0. The maximum Gasteiger partial charge on any atom is 0.224 e. The molecule has 1 aromatic heterocycles. The van der Waals surface area contributed by atoms with Gasteiger partial charge in [-0.1, -0.05) is 23.7 Å². The van der Waals surface area contributed by atoms with Crippen LogP contribution < -0.4 is 0 Å². The standard InChI is InChI=1S/C14H13ClN2O.ClH/c15-14(17-7-1-2-13(17)18)11-4-3-10-5-6-16-9-12(10)8-11;/h3-6,8-9,14H,1-2,7H2;1H. The number of carbonyl (C=O) groups is 1. The van der Waals surface area contributed by atoms with E-state index in [4.69, 9.17) is 11.6 Å². The summed E-state index contributed by atoms with van der Waals surface area (Å²) in [5, 5.41) is 2.18. The Morgan fingerprint density at radius 1 is 1.26 bits per heavy atom. The van der Waals surface area contributed by atoms with Crippen LogP contribution in [0.2, 0.25) is 0 Å². The summed E-state index contributed by atoms with van der Waals surface area (Å²) in [5.41, 5.74) is 0.581. The number of fused-ring (bicyclic) bond motifs is 1. The molecule has 3 nitrogen and oxygen atoms in total. The van der Waals surface area contributed by atoms with Crippen molar-refractivity contribution in [2.45, 2.75) is 18.3 Å². The van der Waals surface area contributed by atoms with E-state index in [0.29, 0.717) is 6.42 Å². The fourth-order valence-electron chi connectivity index (χ4n) is 2.34. The van der Waals surface area contributed by atoms with Crippen molar-refractivity contribution in [2.75, 3.05) is 6.54 Å². The van der Waals surface area contributed by atoms with Gasteiger partial charge in [0, 0.05) is 30.7 Å². The first-order valence-electron chi connectivity index (χ1n) is 6.03. The van der Waals surface area contributed by atoms with Crippen molar-refractivity contribution in [1.82, 2.24) is 9.88 Å². The van der Waals surface area contributed by atoms with Gasteiger partial charge < -0.3 is 4.90 Å². The maximum absolute atomic E-state index is 11.7. The Kier molecular flexibility index (Phi) is 4.27. The molecule has 0 spiro atoms. The number of likely N-dealkylation sites (tertiary alicyclic amines) is 1. The largest absolute Gasteiger partial charge is 0.322 e. The molecular weight excluding hydrogens is 283 g/mol. The summed E-state index contributed by atoms with van der Waals surface area (Å²) >= 11 is 6.39. The van der Waals surface area contributed by atoms with E-state index in [0.717, 1.165) is 29.3 Å². The fourth-order valence-corrected chi connectivity index (χ4v) is 2.68. The van der Waals surface area contributed by atoms with Gasteiger partial charge in [0.05, 0.1) is 0 Å². The lowest BCUT2D eigenvalue weighted by Crippen LogP contribution is -2.26. The van der Waals surface area contributed by atoms with Crippen LogP contribution in [0.1, 0.15) is 23.9 Å². The molecule has 2 aromatic rings. The van der Waals surface area contributed by atoms with E-state index in [1.165, 1.54) is 0 Å². The summed E-state index contributed by atoms with van der Waals surface area (Å²) in [4.78, 5) is 17.5. The number of halogens is 2. The highest BCUT2D eigenvalue weighted by atomic mass is 35.5. The van der Waals surface area contributed by atoms with Crippen LogP contribution in [0.25, 0.3) is 10.8 Å². The normalized spacial score (nSPS) is 16.5. The fraction of sp³-hybridized carbons (Fsp3) is 0.286. The van der Waals surface area contributed by atoms with Crippen molar-refractivity contribution in [3.8, 4) is 0 Å². The molecule has 19 heavy (non-hydrogen) atoms. The van der Waals surface area contributed by atoms with Crippen molar-refractivity contribution in [2.24, 2.45) is 0 Å². The van der Waals surface area contributed by atoms with Crippen molar-refractivity contribution in [1.29, 1.82) is 0 Å². The highest BCUT2D eigenvalue weighted by Crippen LogP contribution is 2.30. The van der Waals surface area contributed by atoms with Gasteiger partial charge in [-0.2, -0.15) is 0 Å². The second-order valence-electron chi connectivity index (χ2n) is 4.51. The van der Waals surface area contributed by atoms with E-state index in [1.54, 1.807) is 11.1 Å². The van der Waals surface area contributed by atoms with Crippen LogP contribution in [0.4, 0.5) is 0 Å². The first-order valence-corrected chi connectivity index (χ1v) is 6.46. The monoisotopic (exact) mass is 296 g/mol. The zero-order chi connectivity index (χ0) is 12.5. The van der Waals surface area contributed by atoms with Gasteiger partial charge in [0.25, 0.3) is 0 Å². The average molecular weight is 297 g/mol. The van der Waals surface area contributed by atoms with E-state index in [-0.39, 0.29) is 23.8 Å². The van der Waals surface area contributed by atoms with E-state index in [1.807, 2.05) is 30.5 Å². The molecule has 2 heterocycles. The van der Waals surface area contributed by atoms with Gasteiger partial charge in [-0.15, -0.1) is 12.4 Å². The number of hydrogen-bond donors (Lipinski definition) is 0. The Labute approximate surface area is 123 Å². The van der Waals surface area contributed by atoms with Gasteiger partial charge in [-0.25, -0.2) is 0 Å². The molecule has 1 unspecified atom stereocenters. The van der Waals surface area contributed by atoms with Crippen molar-refractivity contribution in [3.63, 3.8) is 0 Å². The number of nitrogens with zero attached hydrogens (tertiary/aromatic N) is 2. The highest BCUT2D eigenvalue weighted by Gasteiger charge is 2.27. The van der Waals surface area contributed by atoms with Gasteiger partial charge in [-0.3, -0.25) is 9.78 Å². The Hall–Kier alpha value is -1.32. The van der Waals surface area contributed by atoms with Gasteiger partial charge in [0.2, 0.25) is 5.91 Å². The van der Waals surface area contributed by atoms with Crippen LogP contribution >= 0.6 is 24.0 Å². The van der Waals surface area contributed by atoms with Crippen LogP contribution in [0.15, 0.2) is 36.7 Å². The molecule has 1 atom stereocenters. The Morgan fingerprint density at radius 2 is 2.11 bits per heavy atom. The SMILES string of the molecule is Cl.O=C1CCCN1C(Cl)c1ccc2ccncc2c1. The van der Waals surface area contributed by atoms with Crippen LogP contribution in [0, 0.1) is 0 Å². The van der Waals surface area contributed by atoms with Crippen molar-refractivity contribution in [3.05, 3.63) is 42.2 Å². The zero-order valence-corrected chi connectivity index (χ0v) is 11.8. The van der Waals surface area contributed by atoms with Crippen LogP contribution in [0.5, 0.6) is 0 Å². The minimum atomic E-state index is -0.371. The molecule has 0 aliphatic carbocycles. The summed E-state index contributed by atoms with van der Waals surface area (Å²) in [6.45, 7) is 0.748. The van der Waals surface area contributed by atoms with E-state index >= 15 is 0 Å². The summed E-state index contributed by atoms with van der Waals surface area (Å²) in [6.07, 6.45) is 5.09. The molecule has 0 bridgehead atoms. The van der Waals surface area contributed by atoms with Gasteiger partial charge in [-0.05, 0) is 29.5 Å². The first kappa shape index (κ1) is 14.1. The molecule has 1 aliphatic rings. The third kappa shape index (κ3) is 2.67. The predicted octanol–water partition coefficient (Wildman–Crippen LogP) is 3.52. The van der Waals surface area contributed by atoms with Gasteiger partial charge >= 0.3 is 0 Å². The predicted molar refractivity (Wildman–Crippen MR) is 78.5 cm³/mol. The number of aromatic nitrogens is 1. The molecule has 100 valence electrons. The molecule has 5 heteroatoms. The Morgan fingerprint density at radius 3 is 2.84 bits per heavy atom. The second kappa shape index (κ2) is 5.76. The van der Waals surface area contributed by atoms with Crippen molar-refractivity contribution < 1.29 is 4.79 Å². The minimum Gasteiger partial charge on any atom is -0.322 e. The second-order valence-corrected chi connectivity index (χ2v) is 4.92. The van der Waals surface area contributed by atoms with E-state index in [2.05, 4.69) is 4.98 Å². The molecule has 0 N–H and O–H groups in total.